The Labute approximate surface area is 106 Å². The third-order valence-corrected chi connectivity index (χ3v) is 3.67. The van der Waals surface area contributed by atoms with Crippen LogP contribution in [0.5, 0.6) is 0 Å². The lowest BCUT2D eigenvalue weighted by Crippen LogP contribution is -2.62. The zero-order valence-corrected chi connectivity index (χ0v) is 10.9. The molecule has 1 aliphatic carbocycles. The Kier molecular flexibility index (Phi) is 3.90. The Balaban J connectivity index is 1.85. The van der Waals surface area contributed by atoms with Gasteiger partial charge < -0.3 is 5.32 Å². The van der Waals surface area contributed by atoms with Gasteiger partial charge in [0.05, 0.1) is 6.61 Å². The fraction of sp³-hybridized carbons (Fsp3) is 1.00. The monoisotopic (exact) mass is 266 g/mol. The largest absolute Gasteiger partial charge is 0.522 e. The summed E-state index contributed by atoms with van der Waals surface area (Å²) < 4.78 is 39.8. The summed E-state index contributed by atoms with van der Waals surface area (Å²) in [5.41, 5.74) is -0.0381. The second-order valence-electron chi connectivity index (χ2n) is 5.93. The van der Waals surface area contributed by atoms with E-state index in [-0.39, 0.29) is 12.1 Å². The fourth-order valence-corrected chi connectivity index (χ4v) is 2.66. The molecule has 1 unspecified atom stereocenters. The molecule has 0 aromatic rings. The van der Waals surface area contributed by atoms with Gasteiger partial charge in [-0.3, -0.25) is 9.64 Å². The van der Waals surface area contributed by atoms with Crippen molar-refractivity contribution in [2.45, 2.75) is 44.6 Å². The summed E-state index contributed by atoms with van der Waals surface area (Å²) in [7, 11) is 0. The fourth-order valence-electron chi connectivity index (χ4n) is 2.66. The maximum Gasteiger partial charge on any atom is 0.522 e. The Hall–Kier alpha value is -0.330. The van der Waals surface area contributed by atoms with Crippen molar-refractivity contribution in [1.29, 1.82) is 0 Å². The molecule has 2 fully saturated rings. The lowest BCUT2D eigenvalue weighted by molar-refractivity contribution is -0.325. The van der Waals surface area contributed by atoms with Crippen LogP contribution in [0.3, 0.4) is 0 Å². The van der Waals surface area contributed by atoms with Crippen molar-refractivity contribution < 1.29 is 17.9 Å². The van der Waals surface area contributed by atoms with Crippen LogP contribution >= 0.6 is 0 Å². The van der Waals surface area contributed by atoms with Gasteiger partial charge in [-0.15, -0.1) is 13.2 Å². The molecule has 1 saturated carbocycles. The minimum atomic E-state index is -4.52. The molecule has 6 heteroatoms. The van der Waals surface area contributed by atoms with E-state index in [0.717, 1.165) is 13.1 Å². The van der Waals surface area contributed by atoms with Crippen LogP contribution in [0.15, 0.2) is 0 Å². The summed E-state index contributed by atoms with van der Waals surface area (Å²) in [6.45, 7) is 5.87. The van der Waals surface area contributed by atoms with Gasteiger partial charge in [0.25, 0.3) is 0 Å². The van der Waals surface area contributed by atoms with Crippen molar-refractivity contribution >= 4 is 0 Å². The maximum absolute atomic E-state index is 12.0. The molecule has 1 atom stereocenters. The number of piperazine rings is 1. The zero-order chi connectivity index (χ0) is 13.4. The van der Waals surface area contributed by atoms with Crippen LogP contribution < -0.4 is 5.32 Å². The topological polar surface area (TPSA) is 24.5 Å². The SMILES string of the molecule is CC1(C)CN(CCOC(F)(F)F)C(C2CC2)CN1. The molecule has 0 spiro atoms. The van der Waals surface area contributed by atoms with Gasteiger partial charge in [-0.05, 0) is 32.6 Å². The smallest absolute Gasteiger partial charge is 0.309 e. The molecule has 0 radical (unpaired) electrons. The van der Waals surface area contributed by atoms with Gasteiger partial charge in [-0.2, -0.15) is 0 Å². The van der Waals surface area contributed by atoms with Gasteiger partial charge in [0.15, 0.2) is 0 Å². The maximum atomic E-state index is 12.0. The Bertz CT molecular complexity index is 290. The number of nitrogens with one attached hydrogen (secondary N) is 1. The highest BCUT2D eigenvalue weighted by Crippen LogP contribution is 2.37. The summed E-state index contributed by atoms with van der Waals surface area (Å²) in [4.78, 5) is 2.15. The quantitative estimate of drug-likeness (QED) is 0.842. The molecule has 18 heavy (non-hydrogen) atoms. The summed E-state index contributed by atoms with van der Waals surface area (Å²) in [6.07, 6.45) is -2.12. The molecule has 0 amide bonds. The van der Waals surface area contributed by atoms with E-state index in [0.29, 0.717) is 18.5 Å². The highest BCUT2D eigenvalue weighted by molar-refractivity contribution is 4.98. The number of rotatable bonds is 4. The zero-order valence-electron chi connectivity index (χ0n) is 10.9. The van der Waals surface area contributed by atoms with Crippen LogP contribution in [0.4, 0.5) is 13.2 Å². The van der Waals surface area contributed by atoms with Gasteiger partial charge >= 0.3 is 6.36 Å². The molecule has 0 aromatic carbocycles. The standard InChI is InChI=1S/C12H21F3N2O/c1-11(2)8-17(5-6-18-12(13,14)15)10(7-16-11)9-3-4-9/h9-10,16H,3-8H2,1-2H3. The number of nitrogens with zero attached hydrogens (tertiary/aromatic N) is 1. The van der Waals surface area contributed by atoms with Crippen molar-refractivity contribution in [3.63, 3.8) is 0 Å². The van der Waals surface area contributed by atoms with E-state index in [1.165, 1.54) is 12.8 Å². The lowest BCUT2D eigenvalue weighted by atomic mass is 9.96. The van der Waals surface area contributed by atoms with E-state index in [2.05, 4.69) is 28.8 Å². The predicted octanol–water partition coefficient (Wildman–Crippen LogP) is 1.99. The van der Waals surface area contributed by atoms with Gasteiger partial charge in [0.1, 0.15) is 0 Å². The van der Waals surface area contributed by atoms with Crippen molar-refractivity contribution in [2.24, 2.45) is 5.92 Å². The molecule has 106 valence electrons. The third-order valence-electron chi connectivity index (χ3n) is 3.67. The molecule has 2 rings (SSSR count). The van der Waals surface area contributed by atoms with Gasteiger partial charge in [0.2, 0.25) is 0 Å². The Morgan fingerprint density at radius 2 is 2.00 bits per heavy atom. The Morgan fingerprint density at radius 1 is 1.33 bits per heavy atom. The minimum absolute atomic E-state index is 0.0381. The summed E-state index contributed by atoms with van der Waals surface area (Å²) >= 11 is 0. The molecular formula is C12H21F3N2O. The van der Waals surface area contributed by atoms with Crippen LogP contribution in [-0.4, -0.2) is 49.1 Å². The molecule has 1 heterocycles. The average molecular weight is 266 g/mol. The van der Waals surface area contributed by atoms with E-state index < -0.39 is 6.36 Å². The van der Waals surface area contributed by atoms with Crippen LogP contribution in [0.25, 0.3) is 0 Å². The van der Waals surface area contributed by atoms with Crippen LogP contribution in [0.2, 0.25) is 0 Å². The molecule has 3 nitrogen and oxygen atoms in total. The van der Waals surface area contributed by atoms with Crippen molar-refractivity contribution in [2.75, 3.05) is 26.2 Å². The van der Waals surface area contributed by atoms with E-state index in [1.807, 2.05) is 0 Å². The second-order valence-corrected chi connectivity index (χ2v) is 5.93. The van der Waals surface area contributed by atoms with Crippen LogP contribution in [0, 0.1) is 5.92 Å². The number of alkyl halides is 3. The highest BCUT2D eigenvalue weighted by atomic mass is 19.4. The summed E-state index contributed by atoms with van der Waals surface area (Å²) in [5, 5.41) is 3.46. The summed E-state index contributed by atoms with van der Waals surface area (Å²) in [6, 6.07) is 0.370. The molecule has 1 aliphatic heterocycles. The Morgan fingerprint density at radius 3 is 2.56 bits per heavy atom. The van der Waals surface area contributed by atoms with Gasteiger partial charge in [0, 0.05) is 31.2 Å². The molecule has 0 aromatic heterocycles. The third kappa shape index (κ3) is 4.10. The van der Waals surface area contributed by atoms with Gasteiger partial charge in [-0.1, -0.05) is 0 Å². The van der Waals surface area contributed by atoms with E-state index in [1.54, 1.807) is 0 Å². The second kappa shape index (κ2) is 4.98. The number of hydrogen-bond acceptors (Lipinski definition) is 3. The molecule has 2 aliphatic rings. The van der Waals surface area contributed by atoms with Crippen molar-refractivity contribution in [3.8, 4) is 0 Å². The first-order valence-corrected chi connectivity index (χ1v) is 6.47. The molecular weight excluding hydrogens is 245 g/mol. The highest BCUT2D eigenvalue weighted by Gasteiger charge is 2.41. The summed E-state index contributed by atoms with van der Waals surface area (Å²) in [5.74, 6) is 0.652. The number of halogens is 3. The predicted molar refractivity (Wildman–Crippen MR) is 62.2 cm³/mol. The minimum Gasteiger partial charge on any atom is -0.309 e. The van der Waals surface area contributed by atoms with E-state index in [4.69, 9.17) is 0 Å². The van der Waals surface area contributed by atoms with Crippen molar-refractivity contribution in [3.05, 3.63) is 0 Å². The molecule has 1 N–H and O–H groups in total. The number of ether oxygens (including phenoxy) is 1. The lowest BCUT2D eigenvalue weighted by Gasteiger charge is -2.45. The van der Waals surface area contributed by atoms with Crippen LogP contribution in [0.1, 0.15) is 26.7 Å². The van der Waals surface area contributed by atoms with Crippen LogP contribution in [-0.2, 0) is 4.74 Å². The average Bonchev–Trinajstić information content (AvgIpc) is 2.98. The normalized spacial score (nSPS) is 29.5. The molecule has 0 bridgehead atoms. The first-order chi connectivity index (χ1) is 8.27. The first kappa shape index (κ1) is 14.1. The van der Waals surface area contributed by atoms with Gasteiger partial charge in [-0.25, -0.2) is 0 Å². The van der Waals surface area contributed by atoms with E-state index in [9.17, 15) is 13.2 Å². The molecule has 1 saturated heterocycles. The number of hydrogen-bond donors (Lipinski definition) is 1. The van der Waals surface area contributed by atoms with Crippen molar-refractivity contribution in [1.82, 2.24) is 10.2 Å². The first-order valence-electron chi connectivity index (χ1n) is 6.47. The van der Waals surface area contributed by atoms with E-state index >= 15 is 0 Å².